The van der Waals surface area contributed by atoms with Crippen LogP contribution in [-0.2, 0) is 5.66 Å². The molecule has 0 spiro atoms. The van der Waals surface area contributed by atoms with Crippen LogP contribution in [0.5, 0.6) is 0 Å². The number of nitrogens with one attached hydrogen (secondary N) is 1. The number of amides is 1. The second-order valence-electron chi connectivity index (χ2n) is 5.15. The van der Waals surface area contributed by atoms with E-state index in [-0.39, 0.29) is 11.7 Å². The lowest BCUT2D eigenvalue weighted by atomic mass is 9.91. The highest BCUT2D eigenvalue weighted by Gasteiger charge is 2.53. The molecule has 1 fully saturated rings. The molecule has 0 aliphatic carbocycles. The van der Waals surface area contributed by atoms with E-state index in [4.69, 9.17) is 0 Å². The highest BCUT2D eigenvalue weighted by Crippen LogP contribution is 2.44. The minimum atomic E-state index is -0.638. The average molecular weight is 268 g/mol. The van der Waals surface area contributed by atoms with E-state index in [1.54, 1.807) is 12.1 Å². The Kier molecular flexibility index (Phi) is 2.26. The average Bonchev–Trinajstić information content (AvgIpc) is 3.01. The first-order valence-electron chi connectivity index (χ1n) is 6.66. The predicted octanol–water partition coefficient (Wildman–Crippen LogP) is 2.09. The van der Waals surface area contributed by atoms with Crippen molar-refractivity contribution in [3.63, 3.8) is 0 Å². The topological polar surface area (TPSA) is 32.3 Å². The lowest BCUT2D eigenvalue weighted by molar-refractivity contribution is 0.0694. The van der Waals surface area contributed by atoms with Gasteiger partial charge >= 0.3 is 0 Å². The van der Waals surface area contributed by atoms with Gasteiger partial charge in [0.15, 0.2) is 0 Å². The lowest BCUT2D eigenvalue weighted by Gasteiger charge is -2.33. The molecule has 2 aliphatic heterocycles. The minimum absolute atomic E-state index is 0.0370. The first kappa shape index (κ1) is 11.6. The van der Waals surface area contributed by atoms with Gasteiger partial charge in [-0.15, -0.1) is 0 Å². The van der Waals surface area contributed by atoms with E-state index in [1.807, 2.05) is 29.2 Å². The van der Waals surface area contributed by atoms with Gasteiger partial charge in [-0.1, -0.05) is 30.3 Å². The Morgan fingerprint density at radius 2 is 1.85 bits per heavy atom. The Balaban J connectivity index is 1.99. The molecule has 1 amide bonds. The van der Waals surface area contributed by atoms with Gasteiger partial charge in [0.2, 0.25) is 0 Å². The van der Waals surface area contributed by atoms with Gasteiger partial charge in [-0.25, -0.2) is 4.39 Å². The van der Waals surface area contributed by atoms with Crippen molar-refractivity contribution in [3.05, 3.63) is 71.0 Å². The molecule has 2 aromatic carbocycles. The maximum Gasteiger partial charge on any atom is 0.256 e. The largest absolute Gasteiger partial charge is 0.311 e. The van der Waals surface area contributed by atoms with Crippen LogP contribution >= 0.6 is 0 Å². The number of carbonyl (C=O) groups is 1. The molecule has 20 heavy (non-hydrogen) atoms. The maximum absolute atomic E-state index is 13.2. The summed E-state index contributed by atoms with van der Waals surface area (Å²) in [5, 5.41) is 3.44. The second-order valence-corrected chi connectivity index (χ2v) is 5.15. The Labute approximate surface area is 116 Å². The standard InChI is InChI=1S/C16H13FN2O/c17-12-7-5-11(6-8-12)16-14-4-2-1-3-13(14)15(20)19(16)10-9-18-16/h1-8,18H,9-10H2. The summed E-state index contributed by atoms with van der Waals surface area (Å²) in [7, 11) is 0. The van der Waals surface area contributed by atoms with Crippen LogP contribution in [0.3, 0.4) is 0 Å². The molecule has 2 heterocycles. The number of rotatable bonds is 1. The number of halogens is 1. The number of carbonyl (C=O) groups excluding carboxylic acids is 1. The highest BCUT2D eigenvalue weighted by molar-refractivity contribution is 6.01. The molecule has 1 N–H and O–H groups in total. The highest BCUT2D eigenvalue weighted by atomic mass is 19.1. The van der Waals surface area contributed by atoms with Crippen LogP contribution in [0.2, 0.25) is 0 Å². The van der Waals surface area contributed by atoms with E-state index >= 15 is 0 Å². The van der Waals surface area contributed by atoms with Crippen LogP contribution in [0.1, 0.15) is 21.5 Å². The summed E-state index contributed by atoms with van der Waals surface area (Å²) in [5.74, 6) is -0.234. The molecule has 0 aromatic heterocycles. The Bertz CT molecular complexity index is 698. The first-order valence-corrected chi connectivity index (χ1v) is 6.66. The number of nitrogens with zero attached hydrogens (tertiary/aromatic N) is 1. The molecule has 0 radical (unpaired) electrons. The Morgan fingerprint density at radius 1 is 1.10 bits per heavy atom. The zero-order valence-electron chi connectivity index (χ0n) is 10.8. The van der Waals surface area contributed by atoms with Gasteiger partial charge in [-0.05, 0) is 23.8 Å². The zero-order valence-corrected chi connectivity index (χ0v) is 10.8. The van der Waals surface area contributed by atoms with Crippen molar-refractivity contribution < 1.29 is 9.18 Å². The third-order valence-electron chi connectivity index (χ3n) is 4.18. The van der Waals surface area contributed by atoms with Crippen LogP contribution in [0, 0.1) is 5.82 Å². The number of hydrogen-bond acceptors (Lipinski definition) is 2. The fourth-order valence-electron chi connectivity index (χ4n) is 3.34. The summed E-state index contributed by atoms with van der Waals surface area (Å²) in [4.78, 5) is 14.4. The van der Waals surface area contributed by atoms with Crippen LogP contribution in [0.25, 0.3) is 0 Å². The lowest BCUT2D eigenvalue weighted by Crippen LogP contribution is -2.46. The molecule has 0 saturated carbocycles. The summed E-state index contributed by atoms with van der Waals surface area (Å²) < 4.78 is 13.2. The summed E-state index contributed by atoms with van der Waals surface area (Å²) in [6, 6.07) is 14.0. The fourth-order valence-corrected chi connectivity index (χ4v) is 3.34. The third-order valence-corrected chi connectivity index (χ3v) is 4.18. The fraction of sp³-hybridized carbons (Fsp3) is 0.188. The van der Waals surface area contributed by atoms with Crippen molar-refractivity contribution in [2.75, 3.05) is 13.1 Å². The minimum Gasteiger partial charge on any atom is -0.311 e. The summed E-state index contributed by atoms with van der Waals surface area (Å²) in [5.41, 5.74) is 1.94. The van der Waals surface area contributed by atoms with Gasteiger partial charge in [0.1, 0.15) is 11.5 Å². The maximum atomic E-state index is 13.2. The Morgan fingerprint density at radius 3 is 2.65 bits per heavy atom. The van der Waals surface area contributed by atoms with Crippen molar-refractivity contribution >= 4 is 5.91 Å². The number of hydrogen-bond donors (Lipinski definition) is 1. The van der Waals surface area contributed by atoms with E-state index in [0.29, 0.717) is 6.54 Å². The van der Waals surface area contributed by atoms with Crippen molar-refractivity contribution in [1.29, 1.82) is 0 Å². The Hall–Kier alpha value is -2.20. The van der Waals surface area contributed by atoms with Gasteiger partial charge in [0.25, 0.3) is 5.91 Å². The SMILES string of the molecule is O=C1c2ccccc2C2(c3ccc(F)cc3)NCCN12. The second kappa shape index (κ2) is 3.90. The molecule has 0 bridgehead atoms. The van der Waals surface area contributed by atoms with Crippen LogP contribution in [-0.4, -0.2) is 23.9 Å². The van der Waals surface area contributed by atoms with Gasteiger partial charge in [-0.3, -0.25) is 10.1 Å². The molecule has 4 rings (SSSR count). The molecular weight excluding hydrogens is 255 g/mol. The molecule has 2 aliphatic rings. The van der Waals surface area contributed by atoms with Gasteiger partial charge < -0.3 is 4.90 Å². The van der Waals surface area contributed by atoms with Crippen molar-refractivity contribution in [2.24, 2.45) is 0 Å². The quantitative estimate of drug-likeness (QED) is 0.859. The normalized spacial score (nSPS) is 23.9. The molecule has 2 aromatic rings. The third kappa shape index (κ3) is 1.29. The van der Waals surface area contributed by atoms with Crippen molar-refractivity contribution in [3.8, 4) is 0 Å². The van der Waals surface area contributed by atoms with Crippen molar-refractivity contribution in [1.82, 2.24) is 10.2 Å². The van der Waals surface area contributed by atoms with E-state index < -0.39 is 5.66 Å². The van der Waals surface area contributed by atoms with Gasteiger partial charge in [0, 0.05) is 24.2 Å². The molecule has 1 atom stereocenters. The number of benzene rings is 2. The monoisotopic (exact) mass is 268 g/mol. The van der Waals surface area contributed by atoms with Crippen LogP contribution in [0.4, 0.5) is 4.39 Å². The predicted molar refractivity (Wildman–Crippen MR) is 72.7 cm³/mol. The van der Waals surface area contributed by atoms with E-state index in [0.717, 1.165) is 23.2 Å². The summed E-state index contributed by atoms with van der Waals surface area (Å²) >= 11 is 0. The zero-order chi connectivity index (χ0) is 13.7. The van der Waals surface area contributed by atoms with E-state index in [9.17, 15) is 9.18 Å². The van der Waals surface area contributed by atoms with E-state index in [1.165, 1.54) is 12.1 Å². The number of fused-ring (bicyclic) bond motifs is 3. The summed E-state index contributed by atoms with van der Waals surface area (Å²) in [6.07, 6.45) is 0. The summed E-state index contributed by atoms with van der Waals surface area (Å²) in [6.45, 7) is 1.39. The first-order chi connectivity index (χ1) is 9.73. The van der Waals surface area contributed by atoms with Gasteiger partial charge in [0.05, 0.1) is 0 Å². The van der Waals surface area contributed by atoms with Crippen LogP contribution in [0.15, 0.2) is 48.5 Å². The molecule has 1 unspecified atom stereocenters. The smallest absolute Gasteiger partial charge is 0.256 e. The van der Waals surface area contributed by atoms with Crippen LogP contribution < -0.4 is 5.32 Å². The molecule has 1 saturated heterocycles. The molecular formula is C16H13FN2O. The van der Waals surface area contributed by atoms with E-state index in [2.05, 4.69) is 5.32 Å². The van der Waals surface area contributed by atoms with Crippen molar-refractivity contribution in [2.45, 2.75) is 5.66 Å². The molecule has 3 nitrogen and oxygen atoms in total. The van der Waals surface area contributed by atoms with Gasteiger partial charge in [-0.2, -0.15) is 0 Å². The molecule has 100 valence electrons. The molecule has 4 heteroatoms.